The topological polar surface area (TPSA) is 142 Å². The maximum atomic E-state index is 15.2. The van der Waals surface area contributed by atoms with Crippen LogP contribution in [0.3, 0.4) is 0 Å². The molecule has 1 aliphatic rings. The number of anilines is 1. The molecule has 37 heavy (non-hydrogen) atoms. The molecule has 2 aromatic heterocycles. The maximum absolute atomic E-state index is 15.2. The molecule has 12 heteroatoms. The van der Waals surface area contributed by atoms with E-state index in [1.807, 2.05) is 0 Å². The lowest BCUT2D eigenvalue weighted by Gasteiger charge is -2.18. The van der Waals surface area contributed by atoms with Crippen LogP contribution in [0.15, 0.2) is 41.8 Å². The molecule has 5 N–H and O–H groups in total. The second kappa shape index (κ2) is 11.2. The Labute approximate surface area is 213 Å². The molecule has 9 nitrogen and oxygen atoms in total. The van der Waals surface area contributed by atoms with Crippen molar-refractivity contribution in [2.75, 3.05) is 23.6 Å². The number of piperidine rings is 1. The number of H-pyrrole nitrogens is 1. The number of halogens is 2. The Balaban J connectivity index is 1.69. The predicted molar refractivity (Wildman–Crippen MR) is 140 cm³/mol. The molecule has 4 rings (SSSR count). The fourth-order valence-corrected chi connectivity index (χ4v) is 5.30. The lowest BCUT2D eigenvalue weighted by molar-refractivity contribution is 0.103. The number of benzene rings is 1. The first-order valence-corrected chi connectivity index (χ1v) is 13.6. The minimum Gasteiger partial charge on any atom is -0.404 e. The van der Waals surface area contributed by atoms with Gasteiger partial charge < -0.3 is 16.0 Å². The van der Waals surface area contributed by atoms with Gasteiger partial charge in [-0.15, -0.1) is 0 Å². The fourth-order valence-electron chi connectivity index (χ4n) is 4.17. The highest BCUT2D eigenvalue weighted by Crippen LogP contribution is 2.28. The summed E-state index contributed by atoms with van der Waals surface area (Å²) >= 11 is 0. The van der Waals surface area contributed by atoms with Crippen molar-refractivity contribution in [2.24, 2.45) is 10.7 Å². The lowest BCUT2D eigenvalue weighted by Crippen LogP contribution is -2.29. The van der Waals surface area contributed by atoms with E-state index in [1.54, 1.807) is 25.4 Å². The second-order valence-corrected chi connectivity index (χ2v) is 10.6. The lowest BCUT2D eigenvalue weighted by atomic mass is 10.00. The van der Waals surface area contributed by atoms with Crippen molar-refractivity contribution in [1.29, 1.82) is 0 Å². The Kier molecular flexibility index (Phi) is 7.98. The van der Waals surface area contributed by atoms with Gasteiger partial charge in [-0.05, 0) is 50.6 Å². The molecule has 0 atom stereocenters. The smallest absolute Gasteiger partial charge is 0.232 e. The average molecular weight is 531 g/mol. The van der Waals surface area contributed by atoms with Crippen molar-refractivity contribution in [3.63, 3.8) is 0 Å². The minimum atomic E-state index is -3.86. The summed E-state index contributed by atoms with van der Waals surface area (Å²) in [6, 6.07) is 3.61. The number of aromatic nitrogens is 2. The number of ketones is 1. The summed E-state index contributed by atoms with van der Waals surface area (Å²) in [5, 5.41) is 3.60. The van der Waals surface area contributed by atoms with Gasteiger partial charge in [0.05, 0.1) is 23.0 Å². The zero-order valence-electron chi connectivity index (χ0n) is 20.2. The standard InChI is InChI=1S/C25H28F2N6O3S/c1-2-9-37(35,36)33-21-4-3-20(26)22(23(21)27)24(34)19-14-32-25-18(19)10-15(12-31-25)16(11-28)13-30-17-5-7-29-8-6-17/h3-4,10-14,17,29,33H,2,5-9,28H2,1H3,(H,31,32). The number of allylic oxidation sites excluding steroid dienone is 1. The molecule has 0 unspecified atom stereocenters. The molecule has 0 radical (unpaired) electrons. The van der Waals surface area contributed by atoms with Gasteiger partial charge in [0.2, 0.25) is 15.8 Å². The van der Waals surface area contributed by atoms with Crippen LogP contribution in [0.4, 0.5) is 14.5 Å². The molecule has 196 valence electrons. The molecular weight excluding hydrogens is 502 g/mol. The van der Waals surface area contributed by atoms with Crippen LogP contribution in [-0.4, -0.2) is 55.3 Å². The van der Waals surface area contributed by atoms with E-state index < -0.39 is 38.7 Å². The number of hydrogen-bond donors (Lipinski definition) is 4. The van der Waals surface area contributed by atoms with Gasteiger partial charge in [-0.1, -0.05) is 6.92 Å². The number of fused-ring (bicyclic) bond motifs is 1. The van der Waals surface area contributed by atoms with E-state index in [0.29, 0.717) is 28.6 Å². The van der Waals surface area contributed by atoms with E-state index >= 15 is 4.39 Å². The molecule has 3 heterocycles. The number of aromatic amines is 1. The molecule has 1 aliphatic heterocycles. The highest BCUT2D eigenvalue weighted by atomic mass is 32.2. The van der Waals surface area contributed by atoms with Gasteiger partial charge in [0.15, 0.2) is 5.82 Å². The molecule has 0 spiro atoms. The average Bonchev–Trinajstić information content (AvgIpc) is 3.30. The monoisotopic (exact) mass is 530 g/mol. The maximum Gasteiger partial charge on any atom is 0.232 e. The highest BCUT2D eigenvalue weighted by molar-refractivity contribution is 7.92. The van der Waals surface area contributed by atoms with Gasteiger partial charge in [0, 0.05) is 46.9 Å². The Bertz CT molecular complexity index is 1480. The molecule has 0 aliphatic carbocycles. The number of aliphatic imine (C=N–C) groups is 1. The van der Waals surface area contributed by atoms with Gasteiger partial charge >= 0.3 is 0 Å². The minimum absolute atomic E-state index is 0.0256. The number of carbonyl (C=O) groups is 1. The fraction of sp³-hybridized carbons (Fsp3) is 0.320. The number of hydrogen-bond acceptors (Lipinski definition) is 7. The molecule has 1 aromatic carbocycles. The zero-order chi connectivity index (χ0) is 26.6. The Hall–Kier alpha value is -3.64. The van der Waals surface area contributed by atoms with E-state index in [0.717, 1.165) is 38.1 Å². The third kappa shape index (κ3) is 5.86. The summed E-state index contributed by atoms with van der Waals surface area (Å²) < 4.78 is 56.2. The highest BCUT2D eigenvalue weighted by Gasteiger charge is 2.26. The first-order chi connectivity index (χ1) is 17.7. The van der Waals surface area contributed by atoms with E-state index in [4.69, 9.17) is 5.73 Å². The Morgan fingerprint density at radius 2 is 2.05 bits per heavy atom. The van der Waals surface area contributed by atoms with E-state index in [2.05, 4.69) is 25.0 Å². The van der Waals surface area contributed by atoms with Crippen LogP contribution in [0.25, 0.3) is 16.6 Å². The van der Waals surface area contributed by atoms with Crippen molar-refractivity contribution in [3.8, 4) is 0 Å². The number of rotatable bonds is 9. The quantitative estimate of drug-likeness (QED) is 0.247. The Morgan fingerprint density at radius 3 is 2.76 bits per heavy atom. The normalized spacial score (nSPS) is 15.5. The number of nitrogens with two attached hydrogens (primary N) is 1. The van der Waals surface area contributed by atoms with Gasteiger partial charge in [0.1, 0.15) is 11.5 Å². The van der Waals surface area contributed by atoms with E-state index in [1.165, 1.54) is 12.4 Å². The summed E-state index contributed by atoms with van der Waals surface area (Å²) in [5.41, 5.74) is 5.92. The Morgan fingerprint density at radius 1 is 1.30 bits per heavy atom. The van der Waals surface area contributed by atoms with Gasteiger partial charge in [-0.2, -0.15) is 0 Å². The summed E-state index contributed by atoms with van der Waals surface area (Å²) in [7, 11) is -3.86. The van der Waals surface area contributed by atoms with Crippen LogP contribution in [0.2, 0.25) is 0 Å². The van der Waals surface area contributed by atoms with Crippen molar-refractivity contribution < 1.29 is 22.0 Å². The van der Waals surface area contributed by atoms with E-state index in [-0.39, 0.29) is 17.4 Å². The summed E-state index contributed by atoms with van der Waals surface area (Å²) in [6.07, 6.45) is 8.04. The molecular formula is C25H28F2N6O3S. The van der Waals surface area contributed by atoms with Crippen molar-refractivity contribution >= 4 is 44.3 Å². The van der Waals surface area contributed by atoms with Crippen LogP contribution in [0.5, 0.6) is 0 Å². The second-order valence-electron chi connectivity index (χ2n) is 8.74. The molecule has 0 bridgehead atoms. The van der Waals surface area contributed by atoms with E-state index in [9.17, 15) is 17.6 Å². The third-order valence-corrected chi connectivity index (χ3v) is 7.55. The SMILES string of the molecule is CCCS(=O)(=O)Nc1ccc(F)c(C(=O)c2c[nH]c3ncc(C(C=NC4CCNCC4)=CN)cc23)c1F. The van der Waals surface area contributed by atoms with Crippen molar-refractivity contribution in [2.45, 2.75) is 32.2 Å². The number of carbonyl (C=O) groups excluding carboxylic acids is 1. The molecule has 0 saturated carbocycles. The number of nitrogens with zero attached hydrogens (tertiary/aromatic N) is 2. The van der Waals surface area contributed by atoms with Crippen molar-refractivity contribution in [3.05, 3.63) is 65.1 Å². The van der Waals surface area contributed by atoms with Crippen LogP contribution >= 0.6 is 0 Å². The molecule has 1 fully saturated rings. The van der Waals surface area contributed by atoms with Crippen LogP contribution in [-0.2, 0) is 10.0 Å². The third-order valence-electron chi connectivity index (χ3n) is 6.08. The number of nitrogens with one attached hydrogen (secondary N) is 3. The van der Waals surface area contributed by atoms with Crippen LogP contribution < -0.4 is 15.8 Å². The van der Waals surface area contributed by atoms with Crippen molar-refractivity contribution in [1.82, 2.24) is 15.3 Å². The van der Waals surface area contributed by atoms with Gasteiger partial charge in [-0.3, -0.25) is 14.5 Å². The summed E-state index contributed by atoms with van der Waals surface area (Å²) in [6.45, 7) is 3.43. The first-order valence-electron chi connectivity index (χ1n) is 11.9. The largest absolute Gasteiger partial charge is 0.404 e. The number of pyridine rings is 1. The molecule has 1 saturated heterocycles. The predicted octanol–water partition coefficient (Wildman–Crippen LogP) is 3.35. The van der Waals surface area contributed by atoms with Crippen LogP contribution in [0, 0.1) is 11.6 Å². The zero-order valence-corrected chi connectivity index (χ0v) is 21.0. The number of sulfonamides is 1. The first kappa shape index (κ1) is 26.4. The summed E-state index contributed by atoms with van der Waals surface area (Å²) in [5.74, 6) is -3.61. The summed E-state index contributed by atoms with van der Waals surface area (Å²) in [4.78, 5) is 25.1. The molecule has 0 amide bonds. The molecule has 3 aromatic rings. The van der Waals surface area contributed by atoms with Gasteiger partial charge in [-0.25, -0.2) is 22.2 Å². The van der Waals surface area contributed by atoms with Gasteiger partial charge in [0.25, 0.3) is 0 Å². The van der Waals surface area contributed by atoms with Crippen LogP contribution in [0.1, 0.15) is 47.7 Å².